The molecule has 5 nitrogen and oxygen atoms in total. The standard InChI is InChI=1S/C17H21N3O2/c1-11-4-5-14(8-12(11)2)20-17(18)19-10-13-9-15(22-3)6-7-16(13)21/h4-9,21H,10H2,1-3H3,(H3,18,19,20). The molecule has 0 aromatic heterocycles. The maximum atomic E-state index is 9.81. The van der Waals surface area contributed by atoms with E-state index < -0.39 is 0 Å². The Balaban J connectivity index is 2.08. The summed E-state index contributed by atoms with van der Waals surface area (Å²) in [5.41, 5.74) is 9.84. The first kappa shape index (κ1) is 15.7. The molecule has 0 fully saturated rings. The van der Waals surface area contributed by atoms with Gasteiger partial charge in [-0.15, -0.1) is 0 Å². The Morgan fingerprint density at radius 2 is 1.95 bits per heavy atom. The van der Waals surface area contributed by atoms with Crippen LogP contribution < -0.4 is 15.8 Å². The summed E-state index contributed by atoms with van der Waals surface area (Å²) in [6, 6.07) is 11.0. The summed E-state index contributed by atoms with van der Waals surface area (Å²) < 4.78 is 5.13. The van der Waals surface area contributed by atoms with Crippen LogP contribution in [0.2, 0.25) is 0 Å². The fourth-order valence-electron chi connectivity index (χ4n) is 1.99. The van der Waals surface area contributed by atoms with Crippen molar-refractivity contribution in [1.82, 2.24) is 0 Å². The second-order valence-electron chi connectivity index (χ2n) is 5.12. The maximum absolute atomic E-state index is 9.81. The molecule has 116 valence electrons. The number of aryl methyl sites for hydroxylation is 2. The molecule has 0 unspecified atom stereocenters. The molecule has 5 heteroatoms. The number of aliphatic imine (C=N–C) groups is 1. The Morgan fingerprint density at radius 3 is 2.64 bits per heavy atom. The predicted molar refractivity (Wildman–Crippen MR) is 89.5 cm³/mol. The summed E-state index contributed by atoms with van der Waals surface area (Å²) >= 11 is 0. The lowest BCUT2D eigenvalue weighted by Gasteiger charge is -2.09. The van der Waals surface area contributed by atoms with E-state index >= 15 is 0 Å². The van der Waals surface area contributed by atoms with Gasteiger partial charge in [0.2, 0.25) is 0 Å². The number of phenols is 1. The number of nitrogens with two attached hydrogens (primary N) is 1. The van der Waals surface area contributed by atoms with Gasteiger partial charge in [0.25, 0.3) is 0 Å². The third-order valence-corrected chi connectivity index (χ3v) is 3.49. The van der Waals surface area contributed by atoms with E-state index in [0.29, 0.717) is 17.3 Å². The van der Waals surface area contributed by atoms with E-state index in [0.717, 1.165) is 5.69 Å². The number of benzene rings is 2. The van der Waals surface area contributed by atoms with Crippen LogP contribution in [0.5, 0.6) is 11.5 Å². The first-order valence-corrected chi connectivity index (χ1v) is 6.99. The molecule has 0 atom stereocenters. The zero-order chi connectivity index (χ0) is 16.1. The van der Waals surface area contributed by atoms with Gasteiger partial charge in [-0.1, -0.05) is 6.07 Å². The number of hydrogen-bond acceptors (Lipinski definition) is 3. The van der Waals surface area contributed by atoms with Crippen molar-refractivity contribution in [2.24, 2.45) is 10.7 Å². The van der Waals surface area contributed by atoms with E-state index in [2.05, 4.69) is 17.2 Å². The zero-order valence-electron chi connectivity index (χ0n) is 13.1. The molecule has 22 heavy (non-hydrogen) atoms. The van der Waals surface area contributed by atoms with Crippen LogP contribution in [-0.4, -0.2) is 18.2 Å². The Bertz CT molecular complexity index is 696. The molecule has 2 rings (SSSR count). The number of hydrogen-bond donors (Lipinski definition) is 3. The van der Waals surface area contributed by atoms with Crippen molar-refractivity contribution in [3.8, 4) is 11.5 Å². The molecule has 0 aliphatic heterocycles. The smallest absolute Gasteiger partial charge is 0.193 e. The van der Waals surface area contributed by atoms with Crippen LogP contribution in [-0.2, 0) is 6.54 Å². The first-order chi connectivity index (χ1) is 10.5. The molecular formula is C17H21N3O2. The fourth-order valence-corrected chi connectivity index (χ4v) is 1.99. The Kier molecular flexibility index (Phi) is 4.88. The highest BCUT2D eigenvalue weighted by molar-refractivity contribution is 5.92. The lowest BCUT2D eigenvalue weighted by atomic mass is 10.1. The molecule has 0 heterocycles. The maximum Gasteiger partial charge on any atom is 0.193 e. The summed E-state index contributed by atoms with van der Waals surface area (Å²) in [5, 5.41) is 12.9. The summed E-state index contributed by atoms with van der Waals surface area (Å²) in [5.74, 6) is 1.14. The van der Waals surface area contributed by atoms with Crippen LogP contribution in [0.4, 0.5) is 5.69 Å². The summed E-state index contributed by atoms with van der Waals surface area (Å²) in [4.78, 5) is 4.25. The second-order valence-corrected chi connectivity index (χ2v) is 5.12. The van der Waals surface area contributed by atoms with Crippen LogP contribution in [0, 0.1) is 13.8 Å². The number of rotatable bonds is 4. The van der Waals surface area contributed by atoms with Gasteiger partial charge in [0.1, 0.15) is 11.5 Å². The molecule has 4 N–H and O–H groups in total. The largest absolute Gasteiger partial charge is 0.508 e. The van der Waals surface area contributed by atoms with E-state index in [1.165, 1.54) is 11.1 Å². The van der Waals surface area contributed by atoms with Crippen molar-refractivity contribution in [3.05, 3.63) is 53.1 Å². The number of nitrogens with one attached hydrogen (secondary N) is 1. The number of nitrogens with zero attached hydrogens (tertiary/aromatic N) is 1. The molecule has 2 aromatic rings. The number of phenolic OH excluding ortho intramolecular Hbond substituents is 1. The molecule has 0 radical (unpaired) electrons. The highest BCUT2D eigenvalue weighted by Gasteiger charge is 2.03. The molecule has 0 saturated carbocycles. The summed E-state index contributed by atoms with van der Waals surface area (Å²) in [7, 11) is 1.58. The highest BCUT2D eigenvalue weighted by atomic mass is 16.5. The minimum absolute atomic E-state index is 0.170. The summed E-state index contributed by atoms with van der Waals surface area (Å²) in [6.45, 7) is 4.37. The Hall–Kier alpha value is -2.69. The topological polar surface area (TPSA) is 79.9 Å². The number of ether oxygens (including phenoxy) is 1. The lowest BCUT2D eigenvalue weighted by molar-refractivity contribution is 0.411. The van der Waals surface area contributed by atoms with E-state index in [9.17, 15) is 5.11 Å². The van der Waals surface area contributed by atoms with Gasteiger partial charge >= 0.3 is 0 Å². The van der Waals surface area contributed by atoms with Gasteiger partial charge in [0.05, 0.1) is 13.7 Å². The van der Waals surface area contributed by atoms with E-state index in [1.807, 2.05) is 25.1 Å². The zero-order valence-corrected chi connectivity index (χ0v) is 13.1. The number of aromatic hydroxyl groups is 1. The molecular weight excluding hydrogens is 278 g/mol. The van der Waals surface area contributed by atoms with Gasteiger partial charge in [-0.3, -0.25) is 0 Å². The van der Waals surface area contributed by atoms with Gasteiger partial charge in [0.15, 0.2) is 5.96 Å². The predicted octanol–water partition coefficient (Wildman–Crippen LogP) is 2.94. The third-order valence-electron chi connectivity index (χ3n) is 3.49. The molecule has 0 aliphatic rings. The van der Waals surface area contributed by atoms with Gasteiger partial charge in [0, 0.05) is 11.3 Å². The normalized spacial score (nSPS) is 11.3. The van der Waals surface area contributed by atoms with Crippen molar-refractivity contribution < 1.29 is 9.84 Å². The molecule has 0 spiro atoms. The fraction of sp³-hybridized carbons (Fsp3) is 0.235. The van der Waals surface area contributed by atoms with Crippen molar-refractivity contribution in [2.75, 3.05) is 12.4 Å². The molecule has 2 aromatic carbocycles. The van der Waals surface area contributed by atoms with E-state index in [1.54, 1.807) is 25.3 Å². The molecule has 0 aliphatic carbocycles. The van der Waals surface area contributed by atoms with Crippen molar-refractivity contribution in [1.29, 1.82) is 0 Å². The van der Waals surface area contributed by atoms with Crippen LogP contribution in [0.3, 0.4) is 0 Å². The van der Waals surface area contributed by atoms with Crippen molar-refractivity contribution in [2.45, 2.75) is 20.4 Å². The van der Waals surface area contributed by atoms with Crippen LogP contribution in [0.25, 0.3) is 0 Å². The van der Waals surface area contributed by atoms with Gasteiger partial charge in [-0.25, -0.2) is 4.99 Å². The van der Waals surface area contributed by atoms with E-state index in [4.69, 9.17) is 10.5 Å². The van der Waals surface area contributed by atoms with Crippen LogP contribution in [0.15, 0.2) is 41.4 Å². The first-order valence-electron chi connectivity index (χ1n) is 6.99. The third kappa shape index (κ3) is 3.91. The monoisotopic (exact) mass is 299 g/mol. The Labute approximate surface area is 130 Å². The van der Waals surface area contributed by atoms with Gasteiger partial charge in [-0.05, 0) is 55.3 Å². The number of methoxy groups -OCH3 is 1. The minimum atomic E-state index is 0.170. The highest BCUT2D eigenvalue weighted by Crippen LogP contribution is 2.23. The second kappa shape index (κ2) is 6.85. The average Bonchev–Trinajstić information content (AvgIpc) is 2.50. The molecule has 0 saturated heterocycles. The number of guanidine groups is 1. The lowest BCUT2D eigenvalue weighted by Crippen LogP contribution is -2.22. The van der Waals surface area contributed by atoms with Crippen molar-refractivity contribution in [3.63, 3.8) is 0 Å². The quantitative estimate of drug-likeness (QED) is 0.599. The van der Waals surface area contributed by atoms with Crippen molar-refractivity contribution >= 4 is 11.6 Å². The average molecular weight is 299 g/mol. The minimum Gasteiger partial charge on any atom is -0.508 e. The Morgan fingerprint density at radius 1 is 1.18 bits per heavy atom. The molecule has 0 amide bonds. The number of anilines is 1. The van der Waals surface area contributed by atoms with Gasteiger partial charge < -0.3 is 20.9 Å². The van der Waals surface area contributed by atoms with Crippen LogP contribution in [0.1, 0.15) is 16.7 Å². The van der Waals surface area contributed by atoms with Crippen LogP contribution >= 0.6 is 0 Å². The molecule has 0 bridgehead atoms. The SMILES string of the molecule is COc1ccc(O)c(CN=C(N)Nc2ccc(C)c(C)c2)c1. The van der Waals surface area contributed by atoms with Gasteiger partial charge in [-0.2, -0.15) is 0 Å². The summed E-state index contributed by atoms with van der Waals surface area (Å²) in [6.07, 6.45) is 0. The van der Waals surface area contributed by atoms with E-state index in [-0.39, 0.29) is 12.3 Å².